The fraction of sp³-hybridized carbons (Fsp3) is 0.600. The number of likely N-dealkylation sites (N-methyl/N-ethyl adjacent to an activating group) is 1. The van der Waals surface area contributed by atoms with Crippen LogP contribution in [0.5, 0.6) is 0 Å². The van der Waals surface area contributed by atoms with Crippen molar-refractivity contribution in [2.24, 2.45) is 5.73 Å². The molecule has 18 heavy (non-hydrogen) atoms. The van der Waals surface area contributed by atoms with Crippen LogP contribution in [0.2, 0.25) is 0 Å². The molecule has 0 aliphatic rings. The van der Waals surface area contributed by atoms with E-state index in [9.17, 15) is 0 Å². The van der Waals surface area contributed by atoms with Gasteiger partial charge in [-0.3, -0.25) is 0 Å². The van der Waals surface area contributed by atoms with Crippen molar-refractivity contribution in [2.45, 2.75) is 38.8 Å². The Morgan fingerprint density at radius 2 is 1.89 bits per heavy atom. The van der Waals surface area contributed by atoms with Crippen molar-refractivity contribution in [3.05, 3.63) is 29.8 Å². The van der Waals surface area contributed by atoms with Gasteiger partial charge in [0.2, 0.25) is 0 Å². The normalized spacial score (nSPS) is 14.3. The minimum Gasteiger partial charge on any atom is -0.380 e. The van der Waals surface area contributed by atoms with Crippen LogP contribution in [-0.4, -0.2) is 32.8 Å². The molecule has 0 fully saturated rings. The number of benzene rings is 1. The second kappa shape index (κ2) is 7.39. The Morgan fingerprint density at radius 3 is 2.39 bits per heavy atom. The van der Waals surface area contributed by atoms with Crippen molar-refractivity contribution < 1.29 is 4.74 Å². The molecule has 0 amide bonds. The smallest absolute Gasteiger partial charge is 0.0717 e. The molecule has 3 heteroatoms. The molecule has 2 unspecified atom stereocenters. The highest BCUT2D eigenvalue weighted by Gasteiger charge is 2.07. The molecular formula is C15H26N2O. The van der Waals surface area contributed by atoms with Crippen molar-refractivity contribution in [3.8, 4) is 0 Å². The zero-order valence-electron chi connectivity index (χ0n) is 12.0. The third-order valence-electron chi connectivity index (χ3n) is 3.33. The first-order chi connectivity index (χ1) is 8.56. The van der Waals surface area contributed by atoms with Gasteiger partial charge in [0.05, 0.1) is 6.10 Å². The molecule has 0 radical (unpaired) electrons. The van der Waals surface area contributed by atoms with Crippen molar-refractivity contribution in [2.75, 3.05) is 25.6 Å². The van der Waals surface area contributed by atoms with Crippen molar-refractivity contribution in [3.63, 3.8) is 0 Å². The molecule has 0 aliphatic heterocycles. The number of nitrogens with two attached hydrogens (primary N) is 1. The van der Waals surface area contributed by atoms with Crippen LogP contribution >= 0.6 is 0 Å². The van der Waals surface area contributed by atoms with Gasteiger partial charge in [0.15, 0.2) is 0 Å². The maximum absolute atomic E-state index is 5.96. The maximum Gasteiger partial charge on any atom is 0.0717 e. The van der Waals surface area contributed by atoms with Crippen LogP contribution in [0.3, 0.4) is 0 Å². The fourth-order valence-corrected chi connectivity index (χ4v) is 1.90. The molecule has 1 aromatic carbocycles. The Hall–Kier alpha value is -1.06. The Bertz CT molecular complexity index is 337. The first kappa shape index (κ1) is 15.0. The van der Waals surface area contributed by atoms with Gasteiger partial charge in [-0.25, -0.2) is 0 Å². The van der Waals surface area contributed by atoms with Gasteiger partial charge in [0, 0.05) is 32.4 Å². The zero-order chi connectivity index (χ0) is 13.5. The molecule has 1 aromatic rings. The number of methoxy groups -OCH3 is 1. The number of nitrogens with zero attached hydrogens (tertiary/aromatic N) is 1. The third kappa shape index (κ3) is 4.67. The summed E-state index contributed by atoms with van der Waals surface area (Å²) in [7, 11) is 3.83. The number of rotatable bonds is 7. The molecule has 0 saturated carbocycles. The molecular weight excluding hydrogens is 224 g/mol. The van der Waals surface area contributed by atoms with Crippen LogP contribution in [0.25, 0.3) is 0 Å². The third-order valence-corrected chi connectivity index (χ3v) is 3.33. The summed E-state index contributed by atoms with van der Waals surface area (Å²) in [4.78, 5) is 2.21. The van der Waals surface area contributed by atoms with E-state index in [2.05, 4.69) is 50.1 Å². The Kier molecular flexibility index (Phi) is 6.16. The van der Waals surface area contributed by atoms with Gasteiger partial charge in [-0.2, -0.15) is 0 Å². The first-order valence-corrected chi connectivity index (χ1v) is 6.65. The molecule has 0 aromatic heterocycles. The molecule has 0 bridgehead atoms. The van der Waals surface area contributed by atoms with E-state index >= 15 is 0 Å². The average molecular weight is 250 g/mol. The minimum absolute atomic E-state index is 0.239. The highest BCUT2D eigenvalue weighted by molar-refractivity contribution is 5.47. The molecule has 3 nitrogen and oxygen atoms in total. The molecule has 0 heterocycles. The Labute approximate surface area is 111 Å². The van der Waals surface area contributed by atoms with E-state index in [0.29, 0.717) is 0 Å². The van der Waals surface area contributed by atoms with Gasteiger partial charge >= 0.3 is 0 Å². The van der Waals surface area contributed by atoms with Gasteiger partial charge in [0.25, 0.3) is 0 Å². The summed E-state index contributed by atoms with van der Waals surface area (Å²) in [5, 5.41) is 0. The molecule has 0 saturated heterocycles. The van der Waals surface area contributed by atoms with Crippen LogP contribution in [-0.2, 0) is 11.2 Å². The lowest BCUT2D eigenvalue weighted by molar-refractivity contribution is 0.124. The quantitative estimate of drug-likeness (QED) is 0.808. The predicted molar refractivity (Wildman–Crippen MR) is 78.2 cm³/mol. The van der Waals surface area contributed by atoms with Gasteiger partial charge in [-0.1, -0.05) is 19.1 Å². The lowest BCUT2D eigenvalue weighted by Gasteiger charge is -2.23. The van der Waals surface area contributed by atoms with E-state index in [-0.39, 0.29) is 12.1 Å². The Morgan fingerprint density at radius 1 is 1.28 bits per heavy atom. The Balaban J connectivity index is 2.59. The monoisotopic (exact) mass is 250 g/mol. The highest BCUT2D eigenvalue weighted by Crippen LogP contribution is 2.15. The van der Waals surface area contributed by atoms with Crippen LogP contribution in [0.4, 0.5) is 5.69 Å². The van der Waals surface area contributed by atoms with Crippen LogP contribution < -0.4 is 10.6 Å². The molecule has 2 N–H and O–H groups in total. The summed E-state index contributed by atoms with van der Waals surface area (Å²) in [5.41, 5.74) is 8.48. The van der Waals surface area contributed by atoms with Crippen LogP contribution in [0.1, 0.15) is 25.8 Å². The lowest BCUT2D eigenvalue weighted by Crippen LogP contribution is -2.28. The van der Waals surface area contributed by atoms with Crippen LogP contribution in [0.15, 0.2) is 24.3 Å². The van der Waals surface area contributed by atoms with Gasteiger partial charge < -0.3 is 15.4 Å². The van der Waals surface area contributed by atoms with E-state index in [0.717, 1.165) is 19.4 Å². The van der Waals surface area contributed by atoms with E-state index in [1.807, 2.05) is 0 Å². The summed E-state index contributed by atoms with van der Waals surface area (Å²) < 4.78 is 5.28. The second-order valence-corrected chi connectivity index (χ2v) is 4.97. The summed E-state index contributed by atoms with van der Waals surface area (Å²) >= 11 is 0. The van der Waals surface area contributed by atoms with Crippen LogP contribution in [0, 0.1) is 0 Å². The highest BCUT2D eigenvalue weighted by atomic mass is 16.5. The number of hydrogen-bond donors (Lipinski definition) is 1. The first-order valence-electron chi connectivity index (χ1n) is 6.65. The van der Waals surface area contributed by atoms with E-state index in [1.54, 1.807) is 7.11 Å². The van der Waals surface area contributed by atoms with E-state index < -0.39 is 0 Å². The standard InChI is InChI=1S/C15H26N2O/c1-5-14(16)10-13-6-8-15(9-7-13)17(3)11-12(2)18-4/h6-9,12,14H,5,10-11,16H2,1-4H3. The summed E-state index contributed by atoms with van der Waals surface area (Å²) in [6.45, 7) is 5.09. The van der Waals surface area contributed by atoms with E-state index in [1.165, 1.54) is 11.3 Å². The topological polar surface area (TPSA) is 38.5 Å². The van der Waals surface area contributed by atoms with Crippen molar-refractivity contribution >= 4 is 5.69 Å². The molecule has 102 valence electrons. The van der Waals surface area contributed by atoms with Crippen molar-refractivity contribution in [1.82, 2.24) is 0 Å². The van der Waals surface area contributed by atoms with Gasteiger partial charge in [-0.05, 0) is 37.5 Å². The largest absolute Gasteiger partial charge is 0.380 e. The van der Waals surface area contributed by atoms with Gasteiger partial charge in [0.1, 0.15) is 0 Å². The predicted octanol–water partition coefficient (Wildman–Crippen LogP) is 2.44. The van der Waals surface area contributed by atoms with E-state index in [4.69, 9.17) is 10.5 Å². The molecule has 1 rings (SSSR count). The number of hydrogen-bond acceptors (Lipinski definition) is 3. The fourth-order valence-electron chi connectivity index (χ4n) is 1.90. The molecule has 0 spiro atoms. The van der Waals surface area contributed by atoms with Crippen molar-refractivity contribution in [1.29, 1.82) is 0 Å². The lowest BCUT2D eigenvalue weighted by atomic mass is 10.0. The summed E-state index contributed by atoms with van der Waals surface area (Å²) in [5.74, 6) is 0. The second-order valence-electron chi connectivity index (χ2n) is 4.97. The molecule has 2 atom stereocenters. The zero-order valence-corrected chi connectivity index (χ0v) is 12.0. The summed E-state index contributed by atoms with van der Waals surface area (Å²) in [6, 6.07) is 8.90. The minimum atomic E-state index is 0.239. The SMILES string of the molecule is CCC(N)Cc1ccc(N(C)CC(C)OC)cc1. The van der Waals surface area contributed by atoms with Gasteiger partial charge in [-0.15, -0.1) is 0 Å². The maximum atomic E-state index is 5.96. The molecule has 0 aliphatic carbocycles. The number of ether oxygens (including phenoxy) is 1. The number of anilines is 1. The summed E-state index contributed by atoms with van der Waals surface area (Å²) in [6.07, 6.45) is 2.21. The average Bonchev–Trinajstić information content (AvgIpc) is 2.39.